The Balaban J connectivity index is 1.98. The van der Waals surface area contributed by atoms with Gasteiger partial charge in [0, 0.05) is 28.5 Å². The molecule has 2 aromatic rings. The largest absolute Gasteiger partial charge is 0.478 e. The Morgan fingerprint density at radius 3 is 2.70 bits per heavy atom. The summed E-state index contributed by atoms with van der Waals surface area (Å²) in [5.74, 6) is -0.949. The lowest BCUT2D eigenvalue weighted by Crippen LogP contribution is -2.19. The number of aromatic nitrogens is 1. The molecule has 4 nitrogen and oxygen atoms in total. The number of carbonyl (C=O) groups is 1. The Bertz CT molecular complexity index is 605. The Morgan fingerprint density at radius 2 is 2.20 bits per heavy atom. The van der Waals surface area contributed by atoms with Crippen molar-refractivity contribution >= 4 is 17.3 Å². The summed E-state index contributed by atoms with van der Waals surface area (Å²) in [7, 11) is 0. The molecule has 20 heavy (non-hydrogen) atoms. The molecule has 2 rings (SSSR count). The van der Waals surface area contributed by atoms with Crippen LogP contribution in [0.25, 0.3) is 0 Å². The highest BCUT2D eigenvalue weighted by molar-refractivity contribution is 7.12. The van der Waals surface area contributed by atoms with Gasteiger partial charge in [-0.15, -0.1) is 11.3 Å². The number of hydrogen-bond donors (Lipinski definition) is 2. The minimum Gasteiger partial charge on any atom is -0.478 e. The first-order valence-corrected chi connectivity index (χ1v) is 7.27. The van der Waals surface area contributed by atoms with Crippen molar-refractivity contribution in [3.05, 3.63) is 51.0 Å². The zero-order valence-corrected chi connectivity index (χ0v) is 12.6. The molecule has 2 N–H and O–H groups in total. The molecule has 0 amide bonds. The third kappa shape index (κ3) is 3.43. The Morgan fingerprint density at radius 1 is 1.45 bits per heavy atom. The third-order valence-electron chi connectivity index (χ3n) is 3.21. The summed E-state index contributed by atoms with van der Waals surface area (Å²) in [6, 6.07) is 5.78. The van der Waals surface area contributed by atoms with E-state index in [-0.39, 0.29) is 11.6 Å². The number of pyridine rings is 1. The number of nitrogens with one attached hydrogen (secondary N) is 1. The number of carboxylic acids is 1. The van der Waals surface area contributed by atoms with Gasteiger partial charge in [0.1, 0.15) is 0 Å². The van der Waals surface area contributed by atoms with E-state index in [0.717, 1.165) is 5.69 Å². The number of aromatic carboxylic acids is 1. The van der Waals surface area contributed by atoms with Crippen LogP contribution in [0.1, 0.15) is 44.3 Å². The van der Waals surface area contributed by atoms with Crippen molar-refractivity contribution in [1.29, 1.82) is 0 Å². The fraction of sp³-hybridized carbons (Fsp3) is 0.333. The predicted molar refractivity (Wildman–Crippen MR) is 80.2 cm³/mol. The maximum atomic E-state index is 10.7. The second kappa shape index (κ2) is 6.15. The molecule has 1 atom stereocenters. The molecule has 2 aromatic heterocycles. The summed E-state index contributed by atoms with van der Waals surface area (Å²) in [4.78, 5) is 17.5. The SMILES string of the molecule is Cc1cc(C(C)NCc2ccc(C(=O)O)cn2)c(C)s1. The summed E-state index contributed by atoms with van der Waals surface area (Å²) in [6.45, 7) is 6.99. The minimum atomic E-state index is -0.949. The van der Waals surface area contributed by atoms with Gasteiger partial charge >= 0.3 is 5.97 Å². The number of carboxylic acid groups (broad SMARTS) is 1. The van der Waals surface area contributed by atoms with Crippen LogP contribution in [0.4, 0.5) is 0 Å². The lowest BCUT2D eigenvalue weighted by molar-refractivity contribution is 0.0696. The fourth-order valence-electron chi connectivity index (χ4n) is 2.10. The van der Waals surface area contributed by atoms with E-state index < -0.39 is 5.97 Å². The van der Waals surface area contributed by atoms with Crippen LogP contribution < -0.4 is 5.32 Å². The van der Waals surface area contributed by atoms with Gasteiger partial charge in [-0.25, -0.2) is 4.79 Å². The molecule has 0 fully saturated rings. The number of hydrogen-bond acceptors (Lipinski definition) is 4. The van der Waals surface area contributed by atoms with E-state index in [1.165, 1.54) is 21.5 Å². The summed E-state index contributed by atoms with van der Waals surface area (Å²) >= 11 is 1.80. The highest BCUT2D eigenvalue weighted by atomic mass is 32.1. The second-order valence-corrected chi connectivity index (χ2v) is 6.27. The first-order valence-electron chi connectivity index (χ1n) is 6.46. The van der Waals surface area contributed by atoms with Crippen LogP contribution in [0.15, 0.2) is 24.4 Å². The third-order valence-corrected chi connectivity index (χ3v) is 4.19. The zero-order chi connectivity index (χ0) is 14.7. The molecular formula is C15H18N2O2S. The standard InChI is InChI=1S/C15H18N2O2S/c1-9-6-14(11(3)20-9)10(2)16-8-13-5-4-12(7-17-13)15(18)19/h4-7,10,16H,8H2,1-3H3,(H,18,19). The van der Waals surface area contributed by atoms with Crippen molar-refractivity contribution in [2.24, 2.45) is 0 Å². The van der Waals surface area contributed by atoms with Gasteiger partial charge in [-0.2, -0.15) is 0 Å². The summed E-state index contributed by atoms with van der Waals surface area (Å²) in [5.41, 5.74) is 2.37. The molecule has 106 valence electrons. The van der Waals surface area contributed by atoms with Crippen molar-refractivity contribution < 1.29 is 9.90 Å². The molecule has 0 aliphatic carbocycles. The monoisotopic (exact) mass is 290 g/mol. The van der Waals surface area contributed by atoms with E-state index in [4.69, 9.17) is 5.11 Å². The van der Waals surface area contributed by atoms with Gasteiger partial charge in [-0.3, -0.25) is 4.98 Å². The molecule has 0 bridgehead atoms. The van der Waals surface area contributed by atoms with Gasteiger partial charge in [-0.05, 0) is 44.5 Å². The highest BCUT2D eigenvalue weighted by Crippen LogP contribution is 2.26. The van der Waals surface area contributed by atoms with Crippen molar-refractivity contribution in [1.82, 2.24) is 10.3 Å². The van der Waals surface area contributed by atoms with E-state index in [2.05, 4.69) is 37.1 Å². The fourth-order valence-corrected chi connectivity index (χ4v) is 3.13. The molecule has 0 aliphatic rings. The van der Waals surface area contributed by atoms with E-state index in [9.17, 15) is 4.79 Å². The zero-order valence-electron chi connectivity index (χ0n) is 11.8. The van der Waals surface area contributed by atoms with Gasteiger partial charge in [0.25, 0.3) is 0 Å². The van der Waals surface area contributed by atoms with Crippen LogP contribution >= 0.6 is 11.3 Å². The first kappa shape index (κ1) is 14.7. The number of rotatable bonds is 5. The Kier molecular flexibility index (Phi) is 4.52. The van der Waals surface area contributed by atoms with Crippen LogP contribution in [0, 0.1) is 13.8 Å². The summed E-state index contributed by atoms with van der Waals surface area (Å²) in [6.07, 6.45) is 1.39. The Labute approximate surface area is 122 Å². The average Bonchev–Trinajstić information content (AvgIpc) is 2.75. The normalized spacial score (nSPS) is 12.3. The van der Waals surface area contributed by atoms with Crippen molar-refractivity contribution in [2.45, 2.75) is 33.4 Å². The van der Waals surface area contributed by atoms with E-state index in [0.29, 0.717) is 6.54 Å². The molecule has 0 radical (unpaired) electrons. The van der Waals surface area contributed by atoms with Crippen LogP contribution in [0.5, 0.6) is 0 Å². The van der Waals surface area contributed by atoms with Crippen LogP contribution in [0.3, 0.4) is 0 Å². The number of nitrogens with zero attached hydrogens (tertiary/aromatic N) is 1. The molecule has 0 spiro atoms. The van der Waals surface area contributed by atoms with Gasteiger partial charge < -0.3 is 10.4 Å². The van der Waals surface area contributed by atoms with Gasteiger partial charge in [0.05, 0.1) is 11.3 Å². The smallest absolute Gasteiger partial charge is 0.337 e. The summed E-state index contributed by atoms with van der Waals surface area (Å²) < 4.78 is 0. The molecule has 0 aromatic carbocycles. The second-order valence-electron chi connectivity index (χ2n) is 4.81. The van der Waals surface area contributed by atoms with Crippen LogP contribution in [-0.2, 0) is 6.54 Å². The van der Waals surface area contributed by atoms with Crippen LogP contribution in [0.2, 0.25) is 0 Å². The molecule has 5 heteroatoms. The van der Waals surface area contributed by atoms with E-state index >= 15 is 0 Å². The van der Waals surface area contributed by atoms with Crippen molar-refractivity contribution in [2.75, 3.05) is 0 Å². The lowest BCUT2D eigenvalue weighted by atomic mass is 10.1. The summed E-state index contributed by atoms with van der Waals surface area (Å²) in [5, 5.41) is 12.2. The van der Waals surface area contributed by atoms with Gasteiger partial charge in [0.15, 0.2) is 0 Å². The van der Waals surface area contributed by atoms with E-state index in [1.807, 2.05) is 0 Å². The molecule has 0 saturated heterocycles. The van der Waals surface area contributed by atoms with Crippen molar-refractivity contribution in [3.63, 3.8) is 0 Å². The van der Waals surface area contributed by atoms with Gasteiger partial charge in [0.2, 0.25) is 0 Å². The first-order chi connectivity index (χ1) is 9.47. The Hall–Kier alpha value is -1.72. The maximum absolute atomic E-state index is 10.7. The lowest BCUT2D eigenvalue weighted by Gasteiger charge is -2.13. The average molecular weight is 290 g/mol. The highest BCUT2D eigenvalue weighted by Gasteiger charge is 2.11. The molecule has 1 unspecified atom stereocenters. The number of thiophene rings is 1. The van der Waals surface area contributed by atoms with Crippen molar-refractivity contribution in [3.8, 4) is 0 Å². The molecule has 2 heterocycles. The maximum Gasteiger partial charge on any atom is 0.337 e. The molecular weight excluding hydrogens is 272 g/mol. The quantitative estimate of drug-likeness (QED) is 0.887. The minimum absolute atomic E-state index is 0.214. The molecule has 0 saturated carbocycles. The predicted octanol–water partition coefficient (Wildman–Crippen LogP) is 3.31. The van der Waals surface area contributed by atoms with Crippen LogP contribution in [-0.4, -0.2) is 16.1 Å². The molecule has 0 aliphatic heterocycles. The van der Waals surface area contributed by atoms with E-state index in [1.54, 1.807) is 23.5 Å². The topological polar surface area (TPSA) is 62.2 Å². The number of aryl methyl sites for hydroxylation is 2. The van der Waals surface area contributed by atoms with Gasteiger partial charge in [-0.1, -0.05) is 0 Å².